The van der Waals surface area contributed by atoms with E-state index < -0.39 is 0 Å². The van der Waals surface area contributed by atoms with Gasteiger partial charge in [0.25, 0.3) is 0 Å². The number of nitrogens with zero attached hydrogens (tertiary/aromatic N) is 2. The lowest BCUT2D eigenvalue weighted by Crippen LogP contribution is -2.57. The third kappa shape index (κ3) is 3.26. The first-order chi connectivity index (χ1) is 9.15. The Balaban J connectivity index is 1.84. The monoisotopic (exact) mass is 326 g/mol. The lowest BCUT2D eigenvalue weighted by molar-refractivity contribution is -0.144. The second-order valence-electron chi connectivity index (χ2n) is 4.79. The van der Waals surface area contributed by atoms with Crippen molar-refractivity contribution < 1.29 is 9.53 Å². The first-order valence-electron chi connectivity index (χ1n) is 6.71. The number of likely N-dealkylation sites (tertiary alicyclic amines) is 1. The zero-order valence-corrected chi connectivity index (χ0v) is 12.9. The van der Waals surface area contributed by atoms with Gasteiger partial charge in [-0.1, -0.05) is 13.8 Å². The van der Waals surface area contributed by atoms with Gasteiger partial charge in [-0.2, -0.15) is 0 Å². The SMILES string of the molecule is CCC(CC)C(=O)N1CC(Oc2ncccc2Br)C1. The Morgan fingerprint density at radius 2 is 2.21 bits per heavy atom. The summed E-state index contributed by atoms with van der Waals surface area (Å²) in [6, 6.07) is 3.74. The first-order valence-corrected chi connectivity index (χ1v) is 7.51. The Morgan fingerprint density at radius 3 is 2.79 bits per heavy atom. The van der Waals surface area contributed by atoms with Crippen LogP contribution in [0.4, 0.5) is 0 Å². The number of pyridine rings is 1. The van der Waals surface area contributed by atoms with Crippen molar-refractivity contribution in [2.24, 2.45) is 5.92 Å². The number of carbonyl (C=O) groups excluding carboxylic acids is 1. The number of halogens is 1. The Kier molecular flexibility index (Phi) is 4.80. The van der Waals surface area contributed by atoms with Crippen LogP contribution < -0.4 is 4.74 Å². The minimum atomic E-state index is 0.0597. The molecule has 1 saturated heterocycles. The van der Waals surface area contributed by atoms with Crippen molar-refractivity contribution in [3.05, 3.63) is 22.8 Å². The second-order valence-corrected chi connectivity index (χ2v) is 5.64. The number of rotatable bonds is 5. The van der Waals surface area contributed by atoms with E-state index in [2.05, 4.69) is 34.8 Å². The highest BCUT2D eigenvalue weighted by Crippen LogP contribution is 2.25. The third-order valence-electron chi connectivity index (χ3n) is 3.50. The summed E-state index contributed by atoms with van der Waals surface area (Å²) >= 11 is 3.40. The summed E-state index contributed by atoms with van der Waals surface area (Å²) in [4.78, 5) is 18.1. The fraction of sp³-hybridized carbons (Fsp3) is 0.571. The van der Waals surface area contributed by atoms with Gasteiger partial charge in [0.2, 0.25) is 11.8 Å². The van der Waals surface area contributed by atoms with Crippen LogP contribution in [0.1, 0.15) is 26.7 Å². The van der Waals surface area contributed by atoms with Crippen LogP contribution >= 0.6 is 15.9 Å². The zero-order chi connectivity index (χ0) is 13.8. The lowest BCUT2D eigenvalue weighted by atomic mass is 9.99. The summed E-state index contributed by atoms with van der Waals surface area (Å²) in [6.07, 6.45) is 3.57. The van der Waals surface area contributed by atoms with Crippen LogP contribution in [0.2, 0.25) is 0 Å². The molecule has 5 heteroatoms. The Hall–Kier alpha value is -1.10. The van der Waals surface area contributed by atoms with Crippen molar-refractivity contribution in [3.8, 4) is 5.88 Å². The molecule has 0 N–H and O–H groups in total. The molecule has 19 heavy (non-hydrogen) atoms. The van der Waals surface area contributed by atoms with Crippen LogP contribution in [-0.2, 0) is 4.79 Å². The maximum atomic E-state index is 12.1. The fourth-order valence-electron chi connectivity index (χ4n) is 2.20. The average Bonchev–Trinajstić information content (AvgIpc) is 2.36. The number of hydrogen-bond donors (Lipinski definition) is 0. The van der Waals surface area contributed by atoms with E-state index in [1.54, 1.807) is 6.20 Å². The molecule has 0 aromatic carbocycles. The number of hydrogen-bond acceptors (Lipinski definition) is 3. The normalized spacial score (nSPS) is 15.5. The highest BCUT2D eigenvalue weighted by Gasteiger charge is 2.35. The molecule has 1 aromatic heterocycles. The zero-order valence-electron chi connectivity index (χ0n) is 11.3. The average molecular weight is 327 g/mol. The molecule has 104 valence electrons. The molecule has 0 bridgehead atoms. The van der Waals surface area contributed by atoms with E-state index in [-0.39, 0.29) is 17.9 Å². The van der Waals surface area contributed by atoms with Crippen molar-refractivity contribution in [2.75, 3.05) is 13.1 Å². The smallest absolute Gasteiger partial charge is 0.228 e. The van der Waals surface area contributed by atoms with Gasteiger partial charge in [-0.3, -0.25) is 4.79 Å². The number of carbonyl (C=O) groups is 1. The lowest BCUT2D eigenvalue weighted by Gasteiger charge is -2.40. The molecule has 1 fully saturated rings. The molecule has 1 aliphatic heterocycles. The molecule has 1 aliphatic rings. The molecule has 1 aromatic rings. The van der Waals surface area contributed by atoms with E-state index in [1.807, 2.05) is 17.0 Å². The molecule has 0 aliphatic carbocycles. The van der Waals surface area contributed by atoms with Gasteiger partial charge in [-0.05, 0) is 40.9 Å². The molecule has 2 rings (SSSR count). The molecular formula is C14H19BrN2O2. The molecule has 0 atom stereocenters. The number of ether oxygens (including phenoxy) is 1. The van der Waals surface area contributed by atoms with Crippen LogP contribution in [0.3, 0.4) is 0 Å². The minimum Gasteiger partial charge on any atom is -0.470 e. The largest absolute Gasteiger partial charge is 0.470 e. The summed E-state index contributed by atoms with van der Waals surface area (Å²) in [5.41, 5.74) is 0. The fourth-order valence-corrected chi connectivity index (χ4v) is 2.55. The van der Waals surface area contributed by atoms with Crippen molar-refractivity contribution in [1.82, 2.24) is 9.88 Å². The van der Waals surface area contributed by atoms with Gasteiger partial charge < -0.3 is 9.64 Å². The van der Waals surface area contributed by atoms with Gasteiger partial charge in [-0.15, -0.1) is 0 Å². The minimum absolute atomic E-state index is 0.0597. The van der Waals surface area contributed by atoms with Crippen LogP contribution in [0, 0.1) is 5.92 Å². The summed E-state index contributed by atoms with van der Waals surface area (Å²) < 4.78 is 6.60. The highest BCUT2D eigenvalue weighted by molar-refractivity contribution is 9.10. The maximum Gasteiger partial charge on any atom is 0.228 e. The van der Waals surface area contributed by atoms with Gasteiger partial charge in [-0.25, -0.2) is 4.98 Å². The van der Waals surface area contributed by atoms with Gasteiger partial charge in [0.05, 0.1) is 17.6 Å². The summed E-state index contributed by atoms with van der Waals surface area (Å²) in [6.45, 7) is 5.45. The van der Waals surface area contributed by atoms with Crippen LogP contribution in [0.25, 0.3) is 0 Å². The third-order valence-corrected chi connectivity index (χ3v) is 4.10. The van der Waals surface area contributed by atoms with E-state index in [9.17, 15) is 4.79 Å². The molecule has 0 spiro atoms. The van der Waals surface area contributed by atoms with Crippen molar-refractivity contribution in [3.63, 3.8) is 0 Å². The Labute approximate surface area is 122 Å². The van der Waals surface area contributed by atoms with E-state index in [0.717, 1.165) is 17.3 Å². The molecule has 1 amide bonds. The highest BCUT2D eigenvalue weighted by atomic mass is 79.9. The predicted molar refractivity (Wildman–Crippen MR) is 77.0 cm³/mol. The Bertz CT molecular complexity index is 443. The van der Waals surface area contributed by atoms with Crippen LogP contribution in [-0.4, -0.2) is 35.0 Å². The Morgan fingerprint density at radius 1 is 1.53 bits per heavy atom. The molecule has 0 radical (unpaired) electrons. The molecule has 2 heterocycles. The molecule has 4 nitrogen and oxygen atoms in total. The van der Waals surface area contributed by atoms with Crippen molar-refractivity contribution in [2.45, 2.75) is 32.8 Å². The van der Waals surface area contributed by atoms with Crippen LogP contribution in [0.15, 0.2) is 22.8 Å². The van der Waals surface area contributed by atoms with Gasteiger partial charge in [0.1, 0.15) is 6.10 Å². The van der Waals surface area contributed by atoms with Gasteiger partial charge >= 0.3 is 0 Å². The first kappa shape index (κ1) is 14.3. The summed E-state index contributed by atoms with van der Waals surface area (Å²) in [5, 5.41) is 0. The van der Waals surface area contributed by atoms with E-state index in [0.29, 0.717) is 19.0 Å². The van der Waals surface area contributed by atoms with E-state index in [4.69, 9.17) is 4.74 Å². The van der Waals surface area contributed by atoms with Gasteiger partial charge in [0.15, 0.2) is 0 Å². The molecule has 0 saturated carbocycles. The quantitative estimate of drug-likeness (QED) is 0.835. The van der Waals surface area contributed by atoms with E-state index >= 15 is 0 Å². The summed E-state index contributed by atoms with van der Waals surface area (Å²) in [5.74, 6) is 1.01. The van der Waals surface area contributed by atoms with Crippen molar-refractivity contribution in [1.29, 1.82) is 0 Å². The molecule has 0 unspecified atom stereocenters. The molecular weight excluding hydrogens is 308 g/mol. The summed E-state index contributed by atoms with van der Waals surface area (Å²) in [7, 11) is 0. The standard InChI is InChI=1S/C14H19BrN2O2/c1-3-10(4-2)14(18)17-8-11(9-17)19-13-12(15)6-5-7-16-13/h5-7,10-11H,3-4,8-9H2,1-2H3. The van der Waals surface area contributed by atoms with Crippen molar-refractivity contribution >= 4 is 21.8 Å². The van der Waals surface area contributed by atoms with E-state index in [1.165, 1.54) is 0 Å². The van der Waals surface area contributed by atoms with Crippen LogP contribution in [0.5, 0.6) is 5.88 Å². The second kappa shape index (κ2) is 6.37. The number of aromatic nitrogens is 1. The maximum absolute atomic E-state index is 12.1. The predicted octanol–water partition coefficient (Wildman–Crippen LogP) is 2.87. The topological polar surface area (TPSA) is 42.4 Å². The van der Waals surface area contributed by atoms with Gasteiger partial charge in [0, 0.05) is 12.1 Å². The number of amides is 1.